The van der Waals surface area contributed by atoms with Crippen LogP contribution in [0.5, 0.6) is 11.5 Å². The first-order valence-electron chi connectivity index (χ1n) is 8.36. The Balaban J connectivity index is 2.04. The van der Waals surface area contributed by atoms with Gasteiger partial charge in [0.2, 0.25) is 0 Å². The van der Waals surface area contributed by atoms with Crippen molar-refractivity contribution in [3.8, 4) is 11.5 Å². The summed E-state index contributed by atoms with van der Waals surface area (Å²) in [5.41, 5.74) is 6.37. The maximum absolute atomic E-state index is 13.7. The number of sulfonamides is 1. The van der Waals surface area contributed by atoms with Gasteiger partial charge in [-0.15, -0.1) is 0 Å². The highest BCUT2D eigenvalue weighted by Crippen LogP contribution is 2.39. The molecule has 0 amide bonds. The van der Waals surface area contributed by atoms with Gasteiger partial charge in [-0.2, -0.15) is 0 Å². The van der Waals surface area contributed by atoms with Crippen LogP contribution in [0.3, 0.4) is 0 Å². The maximum atomic E-state index is 13.7. The zero-order valence-electron chi connectivity index (χ0n) is 15.0. The molecule has 0 bridgehead atoms. The summed E-state index contributed by atoms with van der Waals surface area (Å²) in [5.74, 6) is -1.63. The van der Waals surface area contributed by atoms with E-state index in [1.807, 2.05) is 0 Å². The van der Waals surface area contributed by atoms with Gasteiger partial charge < -0.3 is 20.3 Å². The van der Waals surface area contributed by atoms with Gasteiger partial charge in [0.05, 0.1) is 24.2 Å². The molecular formula is C18H19FN2O6S. The number of carboxylic acid groups (broad SMARTS) is 1. The molecule has 0 unspecified atom stereocenters. The molecule has 10 heteroatoms. The summed E-state index contributed by atoms with van der Waals surface area (Å²) in [7, 11) is -2.87. The highest BCUT2D eigenvalue weighted by molar-refractivity contribution is 7.92. The van der Waals surface area contributed by atoms with E-state index in [0.717, 1.165) is 22.5 Å². The molecule has 2 aromatic carbocycles. The zero-order valence-corrected chi connectivity index (χ0v) is 15.8. The molecule has 3 N–H and O–H groups in total. The fourth-order valence-electron chi connectivity index (χ4n) is 2.92. The molecule has 0 saturated heterocycles. The smallest absolute Gasteiger partial charge is 0.303 e. The Labute approximate surface area is 161 Å². The van der Waals surface area contributed by atoms with Gasteiger partial charge in [0.1, 0.15) is 11.9 Å². The highest BCUT2D eigenvalue weighted by atomic mass is 32.2. The second-order valence-electron chi connectivity index (χ2n) is 6.23. The summed E-state index contributed by atoms with van der Waals surface area (Å²) >= 11 is 0. The van der Waals surface area contributed by atoms with Gasteiger partial charge in [0.25, 0.3) is 10.0 Å². The topological polar surface area (TPSA) is 119 Å². The Bertz CT molecular complexity index is 1010. The number of carboxylic acids is 1. The minimum atomic E-state index is -4.11. The largest absolute Gasteiger partial charge is 0.494 e. The SMILES string of the molecule is COc1cc(S(=O)(=O)N2C[C@H](CCC(=O)O)Oc3ccc(N)cc32)ccc1F. The van der Waals surface area contributed by atoms with Crippen molar-refractivity contribution < 1.29 is 32.2 Å². The van der Waals surface area contributed by atoms with Crippen LogP contribution in [0.25, 0.3) is 0 Å². The number of rotatable bonds is 6. The molecule has 0 fully saturated rings. The second-order valence-corrected chi connectivity index (χ2v) is 8.09. The maximum Gasteiger partial charge on any atom is 0.303 e. The first kappa shape index (κ1) is 19.7. The summed E-state index contributed by atoms with van der Waals surface area (Å²) in [5, 5.41) is 8.91. The van der Waals surface area contributed by atoms with Crippen molar-refractivity contribution in [1.29, 1.82) is 0 Å². The van der Waals surface area contributed by atoms with E-state index in [9.17, 15) is 17.6 Å². The molecule has 1 aliphatic heterocycles. The third kappa shape index (κ3) is 3.81. The minimum Gasteiger partial charge on any atom is -0.494 e. The number of aliphatic carboxylic acids is 1. The van der Waals surface area contributed by atoms with Crippen LogP contribution >= 0.6 is 0 Å². The van der Waals surface area contributed by atoms with Gasteiger partial charge in [0, 0.05) is 18.2 Å². The van der Waals surface area contributed by atoms with Crippen molar-refractivity contribution >= 4 is 27.4 Å². The molecular weight excluding hydrogens is 391 g/mol. The number of fused-ring (bicyclic) bond motifs is 1. The van der Waals surface area contributed by atoms with Crippen LogP contribution in [0.4, 0.5) is 15.8 Å². The monoisotopic (exact) mass is 410 g/mol. The number of hydrogen-bond acceptors (Lipinski definition) is 6. The summed E-state index contributed by atoms with van der Waals surface area (Å²) in [6.45, 7) is -0.105. The number of nitrogens with two attached hydrogens (primary N) is 1. The van der Waals surface area contributed by atoms with E-state index in [4.69, 9.17) is 20.3 Å². The molecule has 8 nitrogen and oxygen atoms in total. The first-order valence-corrected chi connectivity index (χ1v) is 9.80. The summed E-state index contributed by atoms with van der Waals surface area (Å²) in [4.78, 5) is 10.7. The number of carbonyl (C=O) groups is 1. The third-order valence-electron chi connectivity index (χ3n) is 4.31. The standard InChI is InChI=1S/C18H19FN2O6S/c1-26-17-9-13(4-5-14(17)19)28(24,25)21-10-12(3-7-18(22)23)27-16-6-2-11(20)8-15(16)21/h2,4-6,8-9,12H,3,7,10,20H2,1H3,(H,22,23)/t12-/m0/s1. The Kier molecular flexibility index (Phi) is 5.32. The Morgan fingerprint density at radius 2 is 2.11 bits per heavy atom. The van der Waals surface area contributed by atoms with Crippen molar-refractivity contribution in [2.75, 3.05) is 23.7 Å². The Hall–Kier alpha value is -3.01. The number of anilines is 2. The molecule has 0 aliphatic carbocycles. The van der Waals surface area contributed by atoms with Crippen molar-refractivity contribution in [1.82, 2.24) is 0 Å². The molecule has 3 rings (SSSR count). The lowest BCUT2D eigenvalue weighted by Gasteiger charge is -2.35. The van der Waals surface area contributed by atoms with Gasteiger partial charge in [0.15, 0.2) is 11.6 Å². The molecule has 1 heterocycles. The number of nitrogen functional groups attached to an aromatic ring is 1. The molecule has 0 spiro atoms. The quantitative estimate of drug-likeness (QED) is 0.701. The van der Waals surface area contributed by atoms with Crippen LogP contribution in [-0.2, 0) is 14.8 Å². The molecule has 0 aromatic heterocycles. The van der Waals surface area contributed by atoms with E-state index >= 15 is 0 Å². The number of benzene rings is 2. The van der Waals surface area contributed by atoms with Crippen molar-refractivity contribution in [3.05, 3.63) is 42.2 Å². The fourth-order valence-corrected chi connectivity index (χ4v) is 4.43. The van der Waals surface area contributed by atoms with E-state index < -0.39 is 27.9 Å². The predicted octanol–water partition coefficient (Wildman–Crippen LogP) is 2.24. The number of ether oxygens (including phenoxy) is 2. The molecule has 0 saturated carbocycles. The Morgan fingerprint density at radius 1 is 1.36 bits per heavy atom. The van der Waals surface area contributed by atoms with Gasteiger partial charge in [-0.05, 0) is 36.8 Å². The van der Waals surface area contributed by atoms with Crippen molar-refractivity contribution in [2.24, 2.45) is 0 Å². The molecule has 150 valence electrons. The lowest BCUT2D eigenvalue weighted by molar-refractivity contribution is -0.137. The number of halogens is 1. The average molecular weight is 410 g/mol. The molecule has 1 atom stereocenters. The molecule has 1 aliphatic rings. The number of hydrogen-bond donors (Lipinski definition) is 2. The lowest BCUT2D eigenvalue weighted by atomic mass is 10.1. The van der Waals surface area contributed by atoms with E-state index in [0.29, 0.717) is 5.69 Å². The molecule has 2 aromatic rings. The zero-order chi connectivity index (χ0) is 20.5. The molecule has 0 radical (unpaired) electrons. The van der Waals surface area contributed by atoms with E-state index in [2.05, 4.69) is 0 Å². The van der Waals surface area contributed by atoms with Crippen LogP contribution in [-0.4, -0.2) is 39.3 Å². The van der Waals surface area contributed by atoms with Crippen molar-refractivity contribution in [3.63, 3.8) is 0 Å². The van der Waals surface area contributed by atoms with Crippen LogP contribution < -0.4 is 19.5 Å². The summed E-state index contributed by atoms with van der Waals surface area (Å²) in [6, 6.07) is 7.80. The van der Waals surface area contributed by atoms with Gasteiger partial charge in [-0.1, -0.05) is 0 Å². The normalized spacial score (nSPS) is 16.2. The predicted molar refractivity (Wildman–Crippen MR) is 99.6 cm³/mol. The number of methoxy groups -OCH3 is 1. The average Bonchev–Trinajstić information content (AvgIpc) is 2.65. The van der Waals surface area contributed by atoms with E-state index in [-0.39, 0.29) is 41.5 Å². The minimum absolute atomic E-state index is 0.105. The third-order valence-corrected chi connectivity index (χ3v) is 6.08. The summed E-state index contributed by atoms with van der Waals surface area (Å²) < 4.78 is 52.0. The molecule has 28 heavy (non-hydrogen) atoms. The number of nitrogens with zero attached hydrogens (tertiary/aromatic N) is 1. The van der Waals surface area contributed by atoms with E-state index in [1.54, 1.807) is 6.07 Å². The van der Waals surface area contributed by atoms with Gasteiger partial charge in [-0.25, -0.2) is 12.8 Å². The summed E-state index contributed by atoms with van der Waals surface area (Å²) in [6.07, 6.45) is -0.713. The lowest BCUT2D eigenvalue weighted by Crippen LogP contribution is -2.43. The highest BCUT2D eigenvalue weighted by Gasteiger charge is 2.35. The first-order chi connectivity index (χ1) is 13.2. The fraction of sp³-hybridized carbons (Fsp3) is 0.278. The van der Waals surface area contributed by atoms with Crippen LogP contribution in [0, 0.1) is 5.82 Å². The van der Waals surface area contributed by atoms with Crippen LogP contribution in [0.1, 0.15) is 12.8 Å². The van der Waals surface area contributed by atoms with E-state index in [1.165, 1.54) is 19.2 Å². The van der Waals surface area contributed by atoms with Crippen LogP contribution in [0.15, 0.2) is 41.3 Å². The van der Waals surface area contributed by atoms with Crippen LogP contribution in [0.2, 0.25) is 0 Å². The van der Waals surface area contributed by atoms with Crippen molar-refractivity contribution in [2.45, 2.75) is 23.8 Å². The Morgan fingerprint density at radius 3 is 2.79 bits per heavy atom. The van der Waals surface area contributed by atoms with Gasteiger partial charge >= 0.3 is 5.97 Å². The van der Waals surface area contributed by atoms with Gasteiger partial charge in [-0.3, -0.25) is 9.10 Å². The second kappa shape index (κ2) is 7.55.